The average molecular weight is 490 g/mol. The molecule has 172 valence electrons. The van der Waals surface area contributed by atoms with Gasteiger partial charge >= 0.3 is 0 Å². The lowest BCUT2D eigenvalue weighted by molar-refractivity contribution is -0.113. The summed E-state index contributed by atoms with van der Waals surface area (Å²) in [6.45, 7) is 2.00. The van der Waals surface area contributed by atoms with Gasteiger partial charge in [0.1, 0.15) is 5.75 Å². The van der Waals surface area contributed by atoms with E-state index in [-0.39, 0.29) is 17.6 Å². The molecular weight excluding hydrogens is 466 g/mol. The molecule has 0 fully saturated rings. The fraction of sp³-hybridized carbons (Fsp3) is 0.115. The van der Waals surface area contributed by atoms with Crippen LogP contribution in [-0.4, -0.2) is 29.7 Å². The standard InChI is InChI=1S/C26H23N3O3S2/c1-17-24(18-6-4-3-5-7-18)29-26(34-17)28-23(30)16-33-22-14-10-20(11-15-22)27-25(31)19-8-12-21(32-2)13-9-19/h3-15H,16H2,1-2H3,(H,27,31)(H,28,29,30). The van der Waals surface area contributed by atoms with Crippen molar-refractivity contribution >= 4 is 45.7 Å². The van der Waals surface area contributed by atoms with Crippen molar-refractivity contribution in [1.29, 1.82) is 0 Å². The molecule has 0 atom stereocenters. The summed E-state index contributed by atoms with van der Waals surface area (Å²) in [6, 6.07) is 24.2. The molecule has 6 nitrogen and oxygen atoms in total. The van der Waals surface area contributed by atoms with Gasteiger partial charge in [0.25, 0.3) is 5.91 Å². The lowest BCUT2D eigenvalue weighted by Gasteiger charge is -2.07. The summed E-state index contributed by atoms with van der Waals surface area (Å²) >= 11 is 2.89. The van der Waals surface area contributed by atoms with Gasteiger partial charge in [0.2, 0.25) is 5.91 Å². The highest BCUT2D eigenvalue weighted by atomic mass is 32.2. The molecule has 2 amide bonds. The predicted octanol–water partition coefficient (Wildman–Crippen LogP) is 6.11. The molecule has 0 unspecified atom stereocenters. The van der Waals surface area contributed by atoms with Crippen LogP contribution in [0.4, 0.5) is 10.8 Å². The van der Waals surface area contributed by atoms with Crippen LogP contribution in [0.1, 0.15) is 15.2 Å². The number of carbonyl (C=O) groups excluding carboxylic acids is 2. The maximum Gasteiger partial charge on any atom is 0.255 e. The van der Waals surface area contributed by atoms with E-state index in [4.69, 9.17) is 4.74 Å². The number of rotatable bonds is 8. The Kier molecular flexibility index (Phi) is 7.61. The second kappa shape index (κ2) is 11.0. The first-order chi connectivity index (χ1) is 16.5. The number of anilines is 2. The molecule has 0 spiro atoms. The third-order valence-corrected chi connectivity index (χ3v) is 6.82. The highest BCUT2D eigenvalue weighted by molar-refractivity contribution is 8.00. The second-order valence-corrected chi connectivity index (χ2v) is 9.59. The lowest BCUT2D eigenvalue weighted by atomic mass is 10.1. The lowest BCUT2D eigenvalue weighted by Crippen LogP contribution is -2.13. The Bertz CT molecular complexity index is 1270. The predicted molar refractivity (Wildman–Crippen MR) is 139 cm³/mol. The van der Waals surface area contributed by atoms with Crippen LogP contribution in [0.2, 0.25) is 0 Å². The van der Waals surface area contributed by atoms with E-state index < -0.39 is 0 Å². The summed E-state index contributed by atoms with van der Waals surface area (Å²) in [5, 5.41) is 6.35. The van der Waals surface area contributed by atoms with Crippen LogP contribution in [0, 0.1) is 6.92 Å². The van der Waals surface area contributed by atoms with Crippen molar-refractivity contribution in [3.05, 3.63) is 89.3 Å². The molecule has 4 aromatic rings. The zero-order chi connectivity index (χ0) is 23.9. The fourth-order valence-electron chi connectivity index (χ4n) is 3.20. The van der Waals surface area contributed by atoms with Gasteiger partial charge in [0, 0.05) is 26.6 Å². The first kappa shape index (κ1) is 23.5. The third-order valence-electron chi connectivity index (χ3n) is 4.92. The van der Waals surface area contributed by atoms with Crippen molar-refractivity contribution in [3.8, 4) is 17.0 Å². The van der Waals surface area contributed by atoms with Crippen molar-refractivity contribution in [1.82, 2.24) is 4.98 Å². The van der Waals surface area contributed by atoms with E-state index >= 15 is 0 Å². The highest BCUT2D eigenvalue weighted by Crippen LogP contribution is 2.30. The van der Waals surface area contributed by atoms with Crippen molar-refractivity contribution in [2.75, 3.05) is 23.5 Å². The highest BCUT2D eigenvalue weighted by Gasteiger charge is 2.12. The summed E-state index contributed by atoms with van der Waals surface area (Å²) < 4.78 is 5.11. The summed E-state index contributed by atoms with van der Waals surface area (Å²) in [5.74, 6) is 0.645. The molecule has 0 bridgehead atoms. The number of aromatic nitrogens is 1. The Morgan fingerprint density at radius 3 is 2.32 bits per heavy atom. The molecule has 0 aliphatic carbocycles. The first-order valence-corrected chi connectivity index (χ1v) is 12.3. The second-order valence-electron chi connectivity index (χ2n) is 7.33. The SMILES string of the molecule is COc1ccc(C(=O)Nc2ccc(SCC(=O)Nc3nc(-c4ccccc4)c(C)s3)cc2)cc1. The summed E-state index contributed by atoms with van der Waals surface area (Å²) in [4.78, 5) is 31.4. The minimum atomic E-state index is -0.198. The Morgan fingerprint density at radius 1 is 0.941 bits per heavy atom. The van der Waals surface area contributed by atoms with Gasteiger partial charge in [-0.2, -0.15) is 0 Å². The molecule has 4 rings (SSSR count). The Hall–Kier alpha value is -3.62. The number of nitrogens with one attached hydrogen (secondary N) is 2. The molecule has 0 radical (unpaired) electrons. The normalized spacial score (nSPS) is 10.5. The van der Waals surface area contributed by atoms with Crippen LogP contribution in [-0.2, 0) is 4.79 Å². The van der Waals surface area contributed by atoms with Gasteiger partial charge in [-0.05, 0) is 55.5 Å². The number of carbonyl (C=O) groups is 2. The van der Waals surface area contributed by atoms with Gasteiger partial charge in [-0.1, -0.05) is 30.3 Å². The van der Waals surface area contributed by atoms with Crippen LogP contribution in [0.15, 0.2) is 83.8 Å². The Morgan fingerprint density at radius 2 is 1.65 bits per heavy atom. The van der Waals surface area contributed by atoms with E-state index in [0.717, 1.165) is 21.0 Å². The van der Waals surface area contributed by atoms with Crippen LogP contribution >= 0.6 is 23.1 Å². The molecule has 1 heterocycles. The summed E-state index contributed by atoms with van der Waals surface area (Å²) in [6.07, 6.45) is 0. The smallest absolute Gasteiger partial charge is 0.255 e. The molecule has 0 saturated carbocycles. The molecule has 3 aromatic carbocycles. The van der Waals surface area contributed by atoms with Crippen molar-refractivity contribution in [2.24, 2.45) is 0 Å². The zero-order valence-corrected chi connectivity index (χ0v) is 20.3. The number of thioether (sulfide) groups is 1. The number of aryl methyl sites for hydroxylation is 1. The van der Waals surface area contributed by atoms with E-state index in [0.29, 0.717) is 22.1 Å². The molecule has 8 heteroatoms. The van der Waals surface area contributed by atoms with E-state index in [1.54, 1.807) is 31.4 Å². The van der Waals surface area contributed by atoms with E-state index in [1.165, 1.54) is 23.1 Å². The molecule has 0 aliphatic heterocycles. The zero-order valence-electron chi connectivity index (χ0n) is 18.7. The summed E-state index contributed by atoms with van der Waals surface area (Å²) in [5.41, 5.74) is 3.15. The van der Waals surface area contributed by atoms with Gasteiger partial charge in [0.05, 0.1) is 18.6 Å². The molecule has 34 heavy (non-hydrogen) atoms. The number of hydrogen-bond donors (Lipinski definition) is 2. The van der Waals surface area contributed by atoms with E-state index in [9.17, 15) is 9.59 Å². The summed E-state index contributed by atoms with van der Waals surface area (Å²) in [7, 11) is 1.58. The fourth-order valence-corrected chi connectivity index (χ4v) is 4.75. The van der Waals surface area contributed by atoms with Crippen molar-refractivity contribution in [3.63, 3.8) is 0 Å². The number of amides is 2. The molecule has 1 aromatic heterocycles. The quantitative estimate of drug-likeness (QED) is 0.292. The van der Waals surface area contributed by atoms with Crippen molar-refractivity contribution < 1.29 is 14.3 Å². The van der Waals surface area contributed by atoms with Gasteiger partial charge in [-0.25, -0.2) is 4.98 Å². The number of hydrogen-bond acceptors (Lipinski definition) is 6. The van der Waals surface area contributed by atoms with Crippen molar-refractivity contribution in [2.45, 2.75) is 11.8 Å². The van der Waals surface area contributed by atoms with E-state index in [2.05, 4.69) is 15.6 Å². The Balaban J connectivity index is 1.28. The molecule has 0 saturated heterocycles. The number of nitrogens with zero attached hydrogens (tertiary/aromatic N) is 1. The maximum absolute atomic E-state index is 12.4. The molecule has 2 N–H and O–H groups in total. The van der Waals surface area contributed by atoms with Crippen LogP contribution < -0.4 is 15.4 Å². The van der Waals surface area contributed by atoms with Gasteiger partial charge in [0.15, 0.2) is 5.13 Å². The average Bonchev–Trinajstić information content (AvgIpc) is 3.23. The van der Waals surface area contributed by atoms with Gasteiger partial charge < -0.3 is 15.4 Å². The van der Waals surface area contributed by atoms with Gasteiger partial charge in [-0.15, -0.1) is 23.1 Å². The number of methoxy groups -OCH3 is 1. The van der Waals surface area contributed by atoms with Gasteiger partial charge in [-0.3, -0.25) is 9.59 Å². The van der Waals surface area contributed by atoms with Crippen LogP contribution in [0.3, 0.4) is 0 Å². The number of ether oxygens (including phenoxy) is 1. The van der Waals surface area contributed by atoms with Crippen LogP contribution in [0.5, 0.6) is 5.75 Å². The topological polar surface area (TPSA) is 80.3 Å². The molecule has 0 aliphatic rings. The minimum Gasteiger partial charge on any atom is -0.497 e. The number of benzene rings is 3. The minimum absolute atomic E-state index is 0.116. The maximum atomic E-state index is 12.4. The third kappa shape index (κ3) is 6.03. The Labute approximate surface area is 206 Å². The monoisotopic (exact) mass is 489 g/mol. The van der Waals surface area contributed by atoms with Crippen LogP contribution in [0.25, 0.3) is 11.3 Å². The number of thiazole rings is 1. The first-order valence-electron chi connectivity index (χ1n) is 10.5. The largest absolute Gasteiger partial charge is 0.497 e. The molecular formula is C26H23N3O3S2. The van der Waals surface area contributed by atoms with E-state index in [1.807, 2.05) is 61.5 Å².